The standard InChI is InChI=1S/C13H23N3S2/c1-13(2,11-6-5-8-18-11)10-16-12(14-3)15-7-9-17-4/h5-6,8H,7,9-10H2,1-4H3,(H2,14,15,16). The highest BCUT2D eigenvalue weighted by Crippen LogP contribution is 2.26. The number of hydrogen-bond donors (Lipinski definition) is 2. The first-order chi connectivity index (χ1) is 8.60. The Bertz CT molecular complexity index is 358. The van der Waals surface area contributed by atoms with Crippen LogP contribution in [0.4, 0.5) is 0 Å². The minimum atomic E-state index is 0.130. The quantitative estimate of drug-likeness (QED) is 0.479. The molecule has 0 fully saturated rings. The lowest BCUT2D eigenvalue weighted by Crippen LogP contribution is -2.43. The van der Waals surface area contributed by atoms with Gasteiger partial charge in [0.1, 0.15) is 0 Å². The number of hydrogen-bond acceptors (Lipinski definition) is 3. The Balaban J connectivity index is 2.43. The summed E-state index contributed by atoms with van der Waals surface area (Å²) >= 11 is 3.64. The van der Waals surface area contributed by atoms with E-state index in [1.165, 1.54) is 4.88 Å². The average Bonchev–Trinajstić information content (AvgIpc) is 2.88. The number of nitrogens with zero attached hydrogens (tertiary/aromatic N) is 1. The number of rotatable bonds is 6. The Morgan fingerprint density at radius 3 is 2.78 bits per heavy atom. The van der Waals surface area contributed by atoms with Crippen LogP contribution in [-0.2, 0) is 5.41 Å². The summed E-state index contributed by atoms with van der Waals surface area (Å²) < 4.78 is 0. The molecule has 102 valence electrons. The maximum atomic E-state index is 4.23. The van der Waals surface area contributed by atoms with Gasteiger partial charge in [0.15, 0.2) is 5.96 Å². The average molecular weight is 285 g/mol. The fourth-order valence-electron chi connectivity index (χ4n) is 1.55. The van der Waals surface area contributed by atoms with Crippen LogP contribution in [0.5, 0.6) is 0 Å². The molecule has 0 radical (unpaired) electrons. The summed E-state index contributed by atoms with van der Waals surface area (Å²) in [5.41, 5.74) is 0.130. The fourth-order valence-corrected chi connectivity index (χ4v) is 2.71. The Morgan fingerprint density at radius 2 is 2.22 bits per heavy atom. The van der Waals surface area contributed by atoms with Crippen LogP contribution in [-0.4, -0.2) is 38.1 Å². The van der Waals surface area contributed by atoms with Crippen LogP contribution in [0.3, 0.4) is 0 Å². The molecule has 0 bridgehead atoms. The van der Waals surface area contributed by atoms with E-state index in [-0.39, 0.29) is 5.41 Å². The third-order valence-corrected chi connectivity index (χ3v) is 4.56. The molecule has 1 rings (SSSR count). The van der Waals surface area contributed by atoms with Gasteiger partial charge in [0.05, 0.1) is 0 Å². The highest BCUT2D eigenvalue weighted by molar-refractivity contribution is 7.98. The second-order valence-corrected chi connectivity index (χ2v) is 6.64. The molecule has 0 atom stereocenters. The Hall–Kier alpha value is -0.680. The van der Waals surface area contributed by atoms with Gasteiger partial charge in [-0.25, -0.2) is 0 Å². The number of thioether (sulfide) groups is 1. The van der Waals surface area contributed by atoms with Crippen LogP contribution >= 0.6 is 23.1 Å². The van der Waals surface area contributed by atoms with Crippen molar-refractivity contribution in [1.29, 1.82) is 0 Å². The van der Waals surface area contributed by atoms with Crippen molar-refractivity contribution in [1.82, 2.24) is 10.6 Å². The van der Waals surface area contributed by atoms with Crippen LogP contribution in [0.25, 0.3) is 0 Å². The van der Waals surface area contributed by atoms with E-state index in [2.05, 4.69) is 53.2 Å². The van der Waals surface area contributed by atoms with E-state index in [9.17, 15) is 0 Å². The van der Waals surface area contributed by atoms with Gasteiger partial charge in [0.2, 0.25) is 0 Å². The summed E-state index contributed by atoms with van der Waals surface area (Å²) in [5, 5.41) is 8.83. The van der Waals surface area contributed by atoms with Crippen molar-refractivity contribution in [2.45, 2.75) is 19.3 Å². The van der Waals surface area contributed by atoms with Gasteiger partial charge in [0, 0.05) is 36.2 Å². The maximum absolute atomic E-state index is 4.23. The first-order valence-electron chi connectivity index (χ1n) is 6.07. The van der Waals surface area contributed by atoms with Gasteiger partial charge in [-0.3, -0.25) is 4.99 Å². The van der Waals surface area contributed by atoms with E-state index in [0.717, 1.165) is 24.8 Å². The fraction of sp³-hybridized carbons (Fsp3) is 0.615. The molecule has 3 nitrogen and oxygen atoms in total. The van der Waals surface area contributed by atoms with Crippen LogP contribution in [0, 0.1) is 0 Å². The van der Waals surface area contributed by atoms with E-state index in [1.54, 1.807) is 0 Å². The largest absolute Gasteiger partial charge is 0.356 e. The molecule has 0 aliphatic rings. The maximum Gasteiger partial charge on any atom is 0.191 e. The number of thiophene rings is 1. The van der Waals surface area contributed by atoms with Gasteiger partial charge >= 0.3 is 0 Å². The van der Waals surface area contributed by atoms with Crippen LogP contribution in [0.1, 0.15) is 18.7 Å². The zero-order valence-electron chi connectivity index (χ0n) is 11.6. The smallest absolute Gasteiger partial charge is 0.191 e. The van der Waals surface area contributed by atoms with Crippen molar-refractivity contribution in [2.24, 2.45) is 4.99 Å². The second kappa shape index (κ2) is 7.69. The monoisotopic (exact) mass is 285 g/mol. The molecule has 0 aromatic carbocycles. The lowest BCUT2D eigenvalue weighted by Gasteiger charge is -2.25. The van der Waals surface area contributed by atoms with Crippen LogP contribution < -0.4 is 10.6 Å². The third-order valence-electron chi connectivity index (χ3n) is 2.71. The van der Waals surface area contributed by atoms with Crippen molar-refractivity contribution in [3.63, 3.8) is 0 Å². The van der Waals surface area contributed by atoms with E-state index in [4.69, 9.17) is 0 Å². The van der Waals surface area contributed by atoms with E-state index in [0.29, 0.717) is 0 Å². The summed E-state index contributed by atoms with van der Waals surface area (Å²) in [7, 11) is 1.81. The van der Waals surface area contributed by atoms with Gasteiger partial charge in [-0.05, 0) is 17.7 Å². The zero-order chi connectivity index (χ0) is 13.4. The van der Waals surface area contributed by atoms with Crippen LogP contribution in [0.15, 0.2) is 22.5 Å². The predicted octanol–water partition coefficient (Wildman–Crippen LogP) is 2.55. The van der Waals surface area contributed by atoms with Gasteiger partial charge in [0.25, 0.3) is 0 Å². The molecular formula is C13H23N3S2. The molecule has 1 aromatic heterocycles. The lowest BCUT2D eigenvalue weighted by molar-refractivity contribution is 0.519. The molecule has 0 saturated carbocycles. The molecule has 0 spiro atoms. The minimum absolute atomic E-state index is 0.130. The van der Waals surface area contributed by atoms with Gasteiger partial charge < -0.3 is 10.6 Å². The molecule has 5 heteroatoms. The van der Waals surface area contributed by atoms with Crippen molar-refractivity contribution in [3.8, 4) is 0 Å². The van der Waals surface area contributed by atoms with Gasteiger partial charge in [-0.1, -0.05) is 19.9 Å². The summed E-state index contributed by atoms with van der Waals surface area (Å²) in [6.07, 6.45) is 2.11. The minimum Gasteiger partial charge on any atom is -0.356 e. The summed E-state index contributed by atoms with van der Waals surface area (Å²) in [5.74, 6) is 1.98. The molecule has 0 aliphatic carbocycles. The molecule has 0 aliphatic heterocycles. The molecule has 2 N–H and O–H groups in total. The summed E-state index contributed by atoms with van der Waals surface area (Å²) in [6.45, 7) is 6.33. The summed E-state index contributed by atoms with van der Waals surface area (Å²) in [4.78, 5) is 5.63. The molecule has 1 aromatic rings. The van der Waals surface area contributed by atoms with E-state index < -0.39 is 0 Å². The number of aliphatic imine (C=N–C) groups is 1. The SMILES string of the molecule is CN=C(NCCSC)NCC(C)(C)c1cccs1. The van der Waals surface area contributed by atoms with E-state index >= 15 is 0 Å². The molecule has 1 heterocycles. The van der Waals surface area contributed by atoms with Gasteiger partial charge in [-0.15, -0.1) is 11.3 Å². The third kappa shape index (κ3) is 4.90. The van der Waals surface area contributed by atoms with Crippen molar-refractivity contribution in [3.05, 3.63) is 22.4 Å². The van der Waals surface area contributed by atoms with Gasteiger partial charge in [-0.2, -0.15) is 11.8 Å². The topological polar surface area (TPSA) is 36.4 Å². The number of nitrogens with one attached hydrogen (secondary N) is 2. The normalized spacial score (nSPS) is 12.6. The first kappa shape index (κ1) is 15.4. The molecular weight excluding hydrogens is 262 g/mol. The number of guanidine groups is 1. The molecule has 0 amide bonds. The first-order valence-corrected chi connectivity index (χ1v) is 8.35. The zero-order valence-corrected chi connectivity index (χ0v) is 13.3. The van der Waals surface area contributed by atoms with Crippen LogP contribution in [0.2, 0.25) is 0 Å². The predicted molar refractivity (Wildman–Crippen MR) is 85.1 cm³/mol. The molecule has 0 unspecified atom stereocenters. The second-order valence-electron chi connectivity index (χ2n) is 4.71. The molecule has 0 saturated heterocycles. The van der Waals surface area contributed by atoms with Crippen molar-refractivity contribution >= 4 is 29.1 Å². The highest BCUT2D eigenvalue weighted by atomic mass is 32.2. The Kier molecular flexibility index (Phi) is 6.57. The Morgan fingerprint density at radius 1 is 1.44 bits per heavy atom. The highest BCUT2D eigenvalue weighted by Gasteiger charge is 2.21. The molecule has 18 heavy (non-hydrogen) atoms. The Labute approximate surface area is 118 Å². The van der Waals surface area contributed by atoms with E-state index in [1.807, 2.05) is 30.1 Å². The van der Waals surface area contributed by atoms with Crippen molar-refractivity contribution < 1.29 is 0 Å². The lowest BCUT2D eigenvalue weighted by atomic mass is 9.91. The van der Waals surface area contributed by atoms with Crippen molar-refractivity contribution in [2.75, 3.05) is 32.1 Å². The summed E-state index contributed by atoms with van der Waals surface area (Å²) in [6, 6.07) is 4.30.